The Labute approximate surface area is 176 Å². The van der Waals surface area contributed by atoms with Crippen molar-refractivity contribution in [2.24, 2.45) is 0 Å². The molecule has 1 aliphatic rings. The van der Waals surface area contributed by atoms with Gasteiger partial charge in [-0.25, -0.2) is 4.68 Å². The average Bonchev–Trinajstić information content (AvgIpc) is 3.09. The Bertz CT molecular complexity index is 1020. The molecule has 0 spiro atoms. The fraction of sp³-hybridized carbons (Fsp3) is 0.389. The van der Waals surface area contributed by atoms with Crippen LogP contribution in [0, 0.1) is 0 Å². The second-order valence-corrected chi connectivity index (χ2v) is 6.97. The van der Waals surface area contributed by atoms with Crippen molar-refractivity contribution in [3.05, 3.63) is 35.2 Å². The van der Waals surface area contributed by atoms with E-state index in [9.17, 15) is 29.3 Å². The van der Waals surface area contributed by atoms with E-state index >= 15 is 0 Å². The van der Waals surface area contributed by atoms with Crippen LogP contribution in [0.3, 0.4) is 0 Å². The van der Waals surface area contributed by atoms with Crippen LogP contribution >= 0.6 is 0 Å². The number of aromatic carboxylic acids is 1. The summed E-state index contributed by atoms with van der Waals surface area (Å²) in [6.45, 7) is 0.0805. The number of likely N-dealkylation sites (tertiary alicyclic amines) is 1. The van der Waals surface area contributed by atoms with Crippen molar-refractivity contribution in [1.82, 2.24) is 19.9 Å². The Morgan fingerprint density at radius 1 is 1.23 bits per heavy atom. The molecule has 0 atom stereocenters. The molecular formula is C18H19BN4O8. The van der Waals surface area contributed by atoms with Gasteiger partial charge >= 0.3 is 132 Å². The second kappa shape index (κ2) is 9.37. The van der Waals surface area contributed by atoms with Crippen molar-refractivity contribution in [2.45, 2.75) is 31.8 Å². The Balaban J connectivity index is 1.57. The number of carbonyl (C=O) groups excluding carboxylic acids is 1. The summed E-state index contributed by atoms with van der Waals surface area (Å²) in [5, 5.41) is 35.8. The molecule has 1 saturated heterocycles. The van der Waals surface area contributed by atoms with Gasteiger partial charge < -0.3 is 5.11 Å². The first kappa shape index (κ1) is 21.9. The normalized spacial score (nSPS) is 13.4. The number of benzene rings is 1. The minimum absolute atomic E-state index is 0.0198. The zero-order chi connectivity index (χ0) is 22.5. The third-order valence-electron chi connectivity index (χ3n) is 4.68. The molecule has 1 aromatic heterocycles. The van der Waals surface area contributed by atoms with Crippen LogP contribution in [0.1, 0.15) is 21.6 Å². The quantitative estimate of drug-likeness (QED) is 0.422. The number of carboxylic acids is 2. The molecule has 3 rings (SSSR count). The number of amides is 1. The van der Waals surface area contributed by atoms with Gasteiger partial charge in [-0.3, -0.25) is 4.79 Å². The van der Waals surface area contributed by atoms with Gasteiger partial charge in [-0.2, -0.15) is 0 Å². The number of hydrogen-bond donors (Lipinski definition) is 3. The van der Waals surface area contributed by atoms with Gasteiger partial charge in [0.1, 0.15) is 6.54 Å². The molecule has 1 amide bonds. The molecule has 2 aromatic rings. The monoisotopic (exact) mass is 430 g/mol. The molecule has 0 unspecified atom stereocenters. The molecular weight excluding hydrogens is 411 g/mol. The molecule has 1 fully saturated rings. The third-order valence-corrected chi connectivity index (χ3v) is 4.68. The summed E-state index contributed by atoms with van der Waals surface area (Å²) < 4.78 is 17.3. The summed E-state index contributed by atoms with van der Waals surface area (Å²) in [6.07, 6.45) is 1.23. The molecule has 2 heterocycles. The van der Waals surface area contributed by atoms with Gasteiger partial charge in [-0.05, 0) is 0 Å². The summed E-state index contributed by atoms with van der Waals surface area (Å²) in [6, 6.07) is 2.93. The van der Waals surface area contributed by atoms with E-state index in [0.29, 0.717) is 18.4 Å². The van der Waals surface area contributed by atoms with Crippen molar-refractivity contribution >= 4 is 25.0 Å². The molecule has 13 heteroatoms. The first-order chi connectivity index (χ1) is 14.8. The maximum absolute atomic E-state index is 12.3. The number of hydrogen-bond acceptors (Lipinski definition) is 8. The van der Waals surface area contributed by atoms with Gasteiger partial charge in [0.2, 0.25) is 0 Å². The number of nitrogens with zero attached hydrogens (tertiary/aromatic N) is 4. The second-order valence-electron chi connectivity index (χ2n) is 6.97. The molecule has 1 aromatic carbocycles. The van der Waals surface area contributed by atoms with Gasteiger partial charge in [0.05, 0.1) is 5.69 Å². The third kappa shape index (κ3) is 5.24. The number of carbonyl (C=O) groups is 3. The van der Waals surface area contributed by atoms with Crippen LogP contribution < -0.4 is 4.74 Å². The van der Waals surface area contributed by atoms with Crippen molar-refractivity contribution in [1.29, 1.82) is 0 Å². The van der Waals surface area contributed by atoms with Crippen LogP contribution in [0.4, 0.5) is 0 Å². The molecule has 1 aliphatic heterocycles. The molecule has 0 aliphatic carbocycles. The predicted molar refractivity (Wildman–Crippen MR) is 102 cm³/mol. The van der Waals surface area contributed by atoms with Crippen molar-refractivity contribution < 1.29 is 39.1 Å². The fourth-order valence-corrected chi connectivity index (χ4v) is 3.13. The van der Waals surface area contributed by atoms with Gasteiger partial charge in [0.15, 0.2) is 0 Å². The number of carboxylic acid groups (broad SMARTS) is 2. The van der Waals surface area contributed by atoms with Crippen LogP contribution in [0.15, 0.2) is 18.3 Å². The number of aryl methyl sites for hydroxylation is 1. The SMILES string of the molecule is O=BCCc1ccc(OC2CN(C(=O)Cc3cn(CC(=O)O)nn3)C2)c(C(=O)O)c1O. The zero-order valence-corrected chi connectivity index (χ0v) is 16.3. The van der Waals surface area contributed by atoms with Crippen LogP contribution in [0.5, 0.6) is 11.5 Å². The molecule has 31 heavy (non-hydrogen) atoms. The molecule has 162 valence electrons. The molecule has 0 radical (unpaired) electrons. The summed E-state index contributed by atoms with van der Waals surface area (Å²) in [5.41, 5.74) is 0.279. The van der Waals surface area contributed by atoms with Gasteiger partial charge in [0, 0.05) is 6.20 Å². The summed E-state index contributed by atoms with van der Waals surface area (Å²) in [5.74, 6) is -3.16. The van der Waals surface area contributed by atoms with E-state index in [4.69, 9.17) is 9.84 Å². The van der Waals surface area contributed by atoms with Crippen molar-refractivity contribution in [3.63, 3.8) is 0 Å². The van der Waals surface area contributed by atoms with Crippen LogP contribution in [-0.2, 0) is 33.7 Å². The van der Waals surface area contributed by atoms with Crippen molar-refractivity contribution in [3.8, 4) is 11.5 Å². The van der Waals surface area contributed by atoms with Crippen LogP contribution in [0.2, 0.25) is 6.32 Å². The van der Waals surface area contributed by atoms with E-state index in [1.807, 2.05) is 0 Å². The van der Waals surface area contributed by atoms with Crippen LogP contribution in [0.25, 0.3) is 0 Å². The number of aliphatic carboxylic acids is 1. The predicted octanol–water partition coefficient (Wildman–Crippen LogP) is -0.391. The fourth-order valence-electron chi connectivity index (χ4n) is 3.13. The van der Waals surface area contributed by atoms with Crippen LogP contribution in [-0.4, -0.2) is 79.4 Å². The number of aromatic nitrogens is 3. The zero-order valence-electron chi connectivity index (χ0n) is 16.3. The first-order valence-electron chi connectivity index (χ1n) is 9.35. The van der Waals surface area contributed by atoms with Gasteiger partial charge in [0.25, 0.3) is 0 Å². The summed E-state index contributed by atoms with van der Waals surface area (Å²) in [7, 11) is 0.678. The van der Waals surface area contributed by atoms with E-state index < -0.39 is 23.8 Å². The Hall–Kier alpha value is -3.77. The van der Waals surface area contributed by atoms with E-state index in [2.05, 4.69) is 10.3 Å². The topological polar surface area (TPSA) is 172 Å². The first-order valence-corrected chi connectivity index (χ1v) is 9.35. The minimum atomic E-state index is -1.36. The Morgan fingerprint density at radius 3 is 2.61 bits per heavy atom. The molecule has 12 nitrogen and oxygen atoms in total. The van der Waals surface area contributed by atoms with E-state index in [-0.39, 0.29) is 56.0 Å². The Morgan fingerprint density at radius 2 is 1.97 bits per heavy atom. The number of ether oxygens (including phenoxy) is 1. The molecule has 0 saturated carbocycles. The summed E-state index contributed by atoms with van der Waals surface area (Å²) >= 11 is 0. The number of phenols is 1. The van der Waals surface area contributed by atoms with Crippen molar-refractivity contribution in [2.75, 3.05) is 13.1 Å². The van der Waals surface area contributed by atoms with E-state index in [1.54, 1.807) is 0 Å². The Kier molecular flexibility index (Phi) is 6.63. The molecule has 0 bridgehead atoms. The number of rotatable bonds is 10. The maximum atomic E-state index is 12.3. The van der Waals surface area contributed by atoms with E-state index in [1.165, 1.54) is 23.2 Å². The standard InChI is InChI=1S/C18H19BN4O8/c24-14(5-11-6-23(21-20-11)9-15(25)26)22-7-12(8-22)31-13-2-1-10(3-4-19-30)17(27)16(13)18(28)29/h1-2,6,12,27H,3-5,7-9H2,(H,25,26)(H,28,29). The van der Waals surface area contributed by atoms with E-state index in [0.717, 1.165) is 4.68 Å². The number of aromatic hydroxyl groups is 1. The molecule has 3 N–H and O–H groups in total. The average molecular weight is 430 g/mol. The summed E-state index contributed by atoms with van der Waals surface area (Å²) in [4.78, 5) is 36.0. The van der Waals surface area contributed by atoms with Gasteiger partial charge in [-0.1, -0.05) is 5.21 Å². The van der Waals surface area contributed by atoms with Gasteiger partial charge in [-0.15, -0.1) is 5.10 Å².